The minimum Gasteiger partial charge on any atom is -0.494 e. The second-order valence-corrected chi connectivity index (χ2v) is 4.05. The quantitative estimate of drug-likeness (QED) is 0.907. The molecule has 0 spiro atoms. The van der Waals surface area contributed by atoms with Crippen LogP contribution in [0, 0.1) is 0 Å². The number of pyridine rings is 1. The van der Waals surface area contributed by atoms with Gasteiger partial charge in [0.1, 0.15) is 5.75 Å². The van der Waals surface area contributed by atoms with E-state index >= 15 is 0 Å². The number of aromatic nitrogens is 1. The molecule has 1 N–H and O–H groups in total. The number of carboxylic acid groups (broad SMARTS) is 1. The lowest BCUT2D eigenvalue weighted by molar-refractivity contribution is 0.0696. The molecule has 5 heteroatoms. The van der Waals surface area contributed by atoms with Crippen LogP contribution in [0.25, 0.3) is 11.3 Å². The second kappa shape index (κ2) is 6.06. The number of aromatic carboxylic acids is 1. The van der Waals surface area contributed by atoms with Crippen LogP contribution in [0.3, 0.4) is 0 Å². The largest absolute Gasteiger partial charge is 0.494 e. The third-order valence-corrected chi connectivity index (χ3v) is 2.70. The molecule has 0 radical (unpaired) electrons. The van der Waals surface area contributed by atoms with Crippen LogP contribution in [0.15, 0.2) is 36.4 Å². The molecule has 5 nitrogen and oxygen atoms in total. The van der Waals surface area contributed by atoms with E-state index in [9.17, 15) is 4.79 Å². The second-order valence-electron chi connectivity index (χ2n) is 4.05. The van der Waals surface area contributed by atoms with E-state index in [1.807, 2.05) is 31.2 Å². The number of rotatable bonds is 5. The molecule has 1 heterocycles. The van der Waals surface area contributed by atoms with Crippen molar-refractivity contribution in [1.82, 2.24) is 4.98 Å². The van der Waals surface area contributed by atoms with Crippen molar-refractivity contribution in [2.75, 3.05) is 13.7 Å². The Morgan fingerprint density at radius 1 is 1.30 bits per heavy atom. The first kappa shape index (κ1) is 13.9. The Balaban J connectivity index is 2.48. The normalized spacial score (nSPS) is 10.1. The Morgan fingerprint density at radius 2 is 2.10 bits per heavy atom. The lowest BCUT2D eigenvalue weighted by atomic mass is 10.1. The van der Waals surface area contributed by atoms with Crippen LogP contribution in [0.2, 0.25) is 0 Å². The average molecular weight is 273 g/mol. The predicted octanol–water partition coefficient (Wildman–Crippen LogP) is 2.85. The van der Waals surface area contributed by atoms with E-state index in [1.165, 1.54) is 19.2 Å². The van der Waals surface area contributed by atoms with Crippen LogP contribution in [0.1, 0.15) is 17.3 Å². The zero-order valence-electron chi connectivity index (χ0n) is 11.3. The first-order chi connectivity index (χ1) is 9.63. The van der Waals surface area contributed by atoms with E-state index in [4.69, 9.17) is 14.6 Å². The highest BCUT2D eigenvalue weighted by Crippen LogP contribution is 2.25. The molecule has 20 heavy (non-hydrogen) atoms. The molecular formula is C15H15NO4. The van der Waals surface area contributed by atoms with Crippen LogP contribution in [-0.4, -0.2) is 29.8 Å². The number of nitrogens with zero attached hydrogens (tertiary/aromatic N) is 1. The first-order valence-electron chi connectivity index (χ1n) is 6.16. The van der Waals surface area contributed by atoms with Gasteiger partial charge in [0.15, 0.2) is 0 Å². The summed E-state index contributed by atoms with van der Waals surface area (Å²) in [6.07, 6.45) is 0. The van der Waals surface area contributed by atoms with Crippen molar-refractivity contribution in [1.29, 1.82) is 0 Å². The molecule has 0 fully saturated rings. The lowest BCUT2D eigenvalue weighted by Gasteiger charge is -2.08. The Labute approximate surface area is 116 Å². The third kappa shape index (κ3) is 3.06. The van der Waals surface area contributed by atoms with Crippen LogP contribution < -0.4 is 9.47 Å². The maximum absolute atomic E-state index is 11.1. The number of hydrogen-bond acceptors (Lipinski definition) is 4. The molecule has 0 saturated heterocycles. The number of ether oxygens (including phenoxy) is 2. The van der Waals surface area contributed by atoms with Gasteiger partial charge < -0.3 is 14.6 Å². The number of hydrogen-bond donors (Lipinski definition) is 1. The smallest absolute Gasteiger partial charge is 0.335 e. The summed E-state index contributed by atoms with van der Waals surface area (Å²) in [5.41, 5.74) is 1.44. The average Bonchev–Trinajstić information content (AvgIpc) is 2.47. The van der Waals surface area contributed by atoms with Gasteiger partial charge in [0.25, 0.3) is 0 Å². The zero-order chi connectivity index (χ0) is 14.5. The van der Waals surface area contributed by atoms with Crippen molar-refractivity contribution in [2.45, 2.75) is 6.92 Å². The summed E-state index contributed by atoms with van der Waals surface area (Å²) in [4.78, 5) is 15.4. The molecule has 0 saturated carbocycles. The molecular weight excluding hydrogens is 258 g/mol. The predicted molar refractivity (Wildman–Crippen MR) is 74.4 cm³/mol. The highest BCUT2D eigenvalue weighted by molar-refractivity contribution is 5.89. The first-order valence-corrected chi connectivity index (χ1v) is 6.16. The number of carboxylic acids is 1. The fraction of sp³-hybridized carbons (Fsp3) is 0.200. The van der Waals surface area contributed by atoms with Gasteiger partial charge in [0.05, 0.1) is 25.0 Å². The summed E-state index contributed by atoms with van der Waals surface area (Å²) in [7, 11) is 1.45. The highest BCUT2D eigenvalue weighted by Gasteiger charge is 2.10. The molecule has 0 atom stereocenters. The van der Waals surface area contributed by atoms with Gasteiger partial charge in [-0.05, 0) is 25.1 Å². The maximum Gasteiger partial charge on any atom is 0.335 e. The summed E-state index contributed by atoms with van der Waals surface area (Å²) in [5, 5.41) is 9.11. The van der Waals surface area contributed by atoms with Crippen LogP contribution in [-0.2, 0) is 0 Å². The summed E-state index contributed by atoms with van der Waals surface area (Å²) in [6, 6.07) is 10.2. The molecule has 104 valence electrons. The Hall–Kier alpha value is -2.56. The van der Waals surface area contributed by atoms with Gasteiger partial charge in [0, 0.05) is 11.6 Å². The highest BCUT2D eigenvalue weighted by atomic mass is 16.5. The van der Waals surface area contributed by atoms with Crippen LogP contribution in [0.4, 0.5) is 0 Å². The van der Waals surface area contributed by atoms with E-state index in [0.717, 1.165) is 5.56 Å². The van der Waals surface area contributed by atoms with Crippen molar-refractivity contribution >= 4 is 5.97 Å². The maximum atomic E-state index is 11.1. The minimum atomic E-state index is -1.02. The summed E-state index contributed by atoms with van der Waals surface area (Å²) < 4.78 is 10.5. The third-order valence-electron chi connectivity index (χ3n) is 2.70. The van der Waals surface area contributed by atoms with E-state index < -0.39 is 5.97 Å². The fourth-order valence-electron chi connectivity index (χ4n) is 1.79. The van der Waals surface area contributed by atoms with Gasteiger partial charge in [-0.2, -0.15) is 0 Å². The lowest BCUT2D eigenvalue weighted by Crippen LogP contribution is -2.00. The molecule has 2 rings (SSSR count). The van der Waals surface area contributed by atoms with Crippen molar-refractivity contribution in [2.24, 2.45) is 0 Å². The molecule has 0 aliphatic carbocycles. The fourth-order valence-corrected chi connectivity index (χ4v) is 1.79. The molecule has 2 aromatic rings. The molecule has 0 aliphatic heterocycles. The summed E-state index contributed by atoms with van der Waals surface area (Å²) in [5.74, 6) is -0.0406. The van der Waals surface area contributed by atoms with E-state index in [-0.39, 0.29) is 11.4 Å². The van der Waals surface area contributed by atoms with Crippen molar-refractivity contribution in [3.63, 3.8) is 0 Å². The zero-order valence-corrected chi connectivity index (χ0v) is 11.3. The molecule has 0 unspecified atom stereocenters. The number of carbonyl (C=O) groups is 1. The number of methoxy groups -OCH3 is 1. The molecule has 0 aliphatic rings. The van der Waals surface area contributed by atoms with Gasteiger partial charge >= 0.3 is 5.97 Å². The summed E-state index contributed by atoms with van der Waals surface area (Å²) in [6.45, 7) is 2.47. The van der Waals surface area contributed by atoms with Crippen molar-refractivity contribution < 1.29 is 19.4 Å². The standard InChI is InChI=1S/C15H15NO4/c1-3-20-12-6-4-5-10(7-12)13-8-11(15(17)18)9-14(16-13)19-2/h4-9H,3H2,1-2H3,(H,17,18). The monoisotopic (exact) mass is 273 g/mol. The molecule has 0 amide bonds. The number of benzene rings is 1. The van der Waals surface area contributed by atoms with Crippen molar-refractivity contribution in [3.05, 3.63) is 42.0 Å². The Kier molecular flexibility index (Phi) is 4.20. The van der Waals surface area contributed by atoms with Crippen LogP contribution in [0.5, 0.6) is 11.6 Å². The molecule has 0 bridgehead atoms. The Morgan fingerprint density at radius 3 is 2.75 bits per heavy atom. The Bertz CT molecular complexity index is 625. The van der Waals surface area contributed by atoms with Crippen molar-refractivity contribution in [3.8, 4) is 22.9 Å². The van der Waals surface area contributed by atoms with Gasteiger partial charge in [-0.3, -0.25) is 0 Å². The van der Waals surface area contributed by atoms with Gasteiger partial charge in [0.2, 0.25) is 5.88 Å². The molecule has 1 aromatic heterocycles. The summed E-state index contributed by atoms with van der Waals surface area (Å²) >= 11 is 0. The van der Waals surface area contributed by atoms with E-state index in [1.54, 1.807) is 0 Å². The van der Waals surface area contributed by atoms with E-state index in [2.05, 4.69) is 4.98 Å². The van der Waals surface area contributed by atoms with Crippen LogP contribution >= 0.6 is 0 Å². The van der Waals surface area contributed by atoms with E-state index in [0.29, 0.717) is 18.1 Å². The van der Waals surface area contributed by atoms with Gasteiger partial charge in [-0.15, -0.1) is 0 Å². The molecule has 1 aromatic carbocycles. The minimum absolute atomic E-state index is 0.133. The topological polar surface area (TPSA) is 68.7 Å². The van der Waals surface area contributed by atoms with Gasteiger partial charge in [-0.1, -0.05) is 12.1 Å². The van der Waals surface area contributed by atoms with Gasteiger partial charge in [-0.25, -0.2) is 9.78 Å². The SMILES string of the molecule is CCOc1cccc(-c2cc(C(=O)O)cc(OC)n2)c1.